The van der Waals surface area contributed by atoms with Crippen molar-refractivity contribution < 1.29 is 4.74 Å². The first-order valence-corrected chi connectivity index (χ1v) is 7.66. The molecule has 2 heterocycles. The molecule has 0 saturated carbocycles. The van der Waals surface area contributed by atoms with E-state index in [9.17, 15) is 0 Å². The largest absolute Gasteiger partial charge is 0.381 e. The first-order valence-electron chi connectivity index (χ1n) is 6.78. The third-order valence-corrected chi connectivity index (χ3v) is 4.52. The van der Waals surface area contributed by atoms with Gasteiger partial charge in [-0.3, -0.25) is 0 Å². The molecule has 0 spiro atoms. The van der Waals surface area contributed by atoms with Gasteiger partial charge < -0.3 is 15.0 Å². The van der Waals surface area contributed by atoms with Gasteiger partial charge in [0.1, 0.15) is 0 Å². The second kappa shape index (κ2) is 7.24. The van der Waals surface area contributed by atoms with Crippen LogP contribution in [-0.2, 0) is 4.74 Å². The molecule has 1 fully saturated rings. The van der Waals surface area contributed by atoms with Crippen molar-refractivity contribution in [3.63, 3.8) is 0 Å². The van der Waals surface area contributed by atoms with Gasteiger partial charge in [0, 0.05) is 30.7 Å². The smallest absolute Gasteiger partial charge is 0.0561 e. The van der Waals surface area contributed by atoms with E-state index in [0.717, 1.165) is 26.2 Å². The molecule has 2 rings (SSSR count). The quantitative estimate of drug-likeness (QED) is 0.888. The fourth-order valence-electron chi connectivity index (χ4n) is 2.40. The summed E-state index contributed by atoms with van der Waals surface area (Å²) in [5.74, 6) is 0. The van der Waals surface area contributed by atoms with Crippen LogP contribution in [0.1, 0.15) is 30.2 Å². The molecule has 1 saturated heterocycles. The molecule has 1 aromatic rings. The van der Waals surface area contributed by atoms with Crippen LogP contribution in [0.4, 0.5) is 0 Å². The average Bonchev–Trinajstić information content (AvgIpc) is 2.73. The van der Waals surface area contributed by atoms with E-state index in [2.05, 4.69) is 41.8 Å². The highest BCUT2D eigenvalue weighted by atomic mass is 32.1. The second-order valence-corrected chi connectivity index (χ2v) is 6.12. The summed E-state index contributed by atoms with van der Waals surface area (Å²) in [6.45, 7) is 2.86. The molecule has 4 heteroatoms. The normalized spacial score (nSPS) is 22.9. The third-order valence-electron chi connectivity index (χ3n) is 3.55. The van der Waals surface area contributed by atoms with Gasteiger partial charge in [0.15, 0.2) is 0 Å². The number of likely N-dealkylation sites (N-methyl/N-ethyl adjacent to an activating group) is 1. The standard InChI is InChI=1S/C14H24N2OS/c1-16(2)13(14-6-4-10-18-14)11-15-12-5-3-8-17-9-7-12/h4,6,10,12-13,15H,3,5,7-9,11H2,1-2H3. The van der Waals surface area contributed by atoms with Gasteiger partial charge in [-0.15, -0.1) is 11.3 Å². The summed E-state index contributed by atoms with van der Waals surface area (Å²) in [6, 6.07) is 5.47. The molecule has 102 valence electrons. The van der Waals surface area contributed by atoms with Crippen molar-refractivity contribution in [2.24, 2.45) is 0 Å². The second-order valence-electron chi connectivity index (χ2n) is 5.14. The maximum atomic E-state index is 5.50. The Morgan fingerprint density at radius 3 is 3.06 bits per heavy atom. The van der Waals surface area contributed by atoms with Gasteiger partial charge in [0.05, 0.1) is 6.04 Å². The lowest BCUT2D eigenvalue weighted by Gasteiger charge is -2.26. The summed E-state index contributed by atoms with van der Waals surface area (Å²) >= 11 is 1.84. The number of hydrogen-bond acceptors (Lipinski definition) is 4. The minimum Gasteiger partial charge on any atom is -0.381 e. The zero-order valence-corrected chi connectivity index (χ0v) is 12.2. The van der Waals surface area contributed by atoms with Crippen LogP contribution in [0.2, 0.25) is 0 Å². The summed E-state index contributed by atoms with van der Waals surface area (Å²) in [6.07, 6.45) is 3.57. The van der Waals surface area contributed by atoms with E-state index in [1.165, 1.54) is 17.7 Å². The Balaban J connectivity index is 1.85. The van der Waals surface area contributed by atoms with Crippen LogP contribution in [0.3, 0.4) is 0 Å². The molecule has 0 aliphatic carbocycles. The fraction of sp³-hybridized carbons (Fsp3) is 0.714. The Kier molecular flexibility index (Phi) is 5.63. The number of thiophene rings is 1. The fourth-order valence-corrected chi connectivity index (χ4v) is 3.33. The SMILES string of the molecule is CN(C)C(CNC1CCCOCC1)c1cccs1. The molecule has 1 aliphatic rings. The first-order chi connectivity index (χ1) is 8.77. The molecule has 3 nitrogen and oxygen atoms in total. The zero-order chi connectivity index (χ0) is 12.8. The zero-order valence-electron chi connectivity index (χ0n) is 11.4. The van der Waals surface area contributed by atoms with Gasteiger partial charge in [-0.1, -0.05) is 6.07 Å². The Bertz CT molecular complexity index is 319. The van der Waals surface area contributed by atoms with E-state index in [4.69, 9.17) is 4.74 Å². The van der Waals surface area contributed by atoms with Crippen molar-refractivity contribution in [1.29, 1.82) is 0 Å². The Labute approximate surface area is 114 Å². The molecular formula is C14H24N2OS. The van der Waals surface area contributed by atoms with Crippen molar-refractivity contribution in [3.8, 4) is 0 Å². The summed E-state index contributed by atoms with van der Waals surface area (Å²) in [5.41, 5.74) is 0. The molecule has 2 atom stereocenters. The van der Waals surface area contributed by atoms with E-state index < -0.39 is 0 Å². The van der Waals surface area contributed by atoms with E-state index in [-0.39, 0.29) is 0 Å². The van der Waals surface area contributed by atoms with Crippen LogP contribution in [-0.4, -0.2) is 44.8 Å². The van der Waals surface area contributed by atoms with Gasteiger partial charge in [0.25, 0.3) is 0 Å². The van der Waals surface area contributed by atoms with E-state index >= 15 is 0 Å². The van der Waals surface area contributed by atoms with Crippen molar-refractivity contribution in [2.75, 3.05) is 33.9 Å². The Morgan fingerprint density at radius 1 is 1.44 bits per heavy atom. The van der Waals surface area contributed by atoms with E-state index in [1.807, 2.05) is 11.3 Å². The lowest BCUT2D eigenvalue weighted by molar-refractivity contribution is 0.142. The minimum atomic E-state index is 0.481. The lowest BCUT2D eigenvalue weighted by Crippen LogP contribution is -2.37. The lowest BCUT2D eigenvalue weighted by atomic mass is 10.1. The van der Waals surface area contributed by atoms with E-state index in [1.54, 1.807) is 0 Å². The first kappa shape index (κ1) is 14.0. The van der Waals surface area contributed by atoms with Crippen LogP contribution < -0.4 is 5.32 Å². The van der Waals surface area contributed by atoms with Gasteiger partial charge in [0.2, 0.25) is 0 Å². The van der Waals surface area contributed by atoms with Crippen LogP contribution >= 0.6 is 11.3 Å². The molecule has 1 aromatic heterocycles. The molecule has 2 unspecified atom stereocenters. The molecule has 18 heavy (non-hydrogen) atoms. The maximum Gasteiger partial charge on any atom is 0.0561 e. The van der Waals surface area contributed by atoms with Crippen molar-refractivity contribution in [2.45, 2.75) is 31.3 Å². The van der Waals surface area contributed by atoms with Crippen LogP contribution in [0, 0.1) is 0 Å². The summed E-state index contributed by atoms with van der Waals surface area (Å²) in [5, 5.41) is 5.87. The maximum absolute atomic E-state index is 5.50. The number of nitrogens with one attached hydrogen (secondary N) is 1. The summed E-state index contributed by atoms with van der Waals surface area (Å²) < 4.78 is 5.50. The monoisotopic (exact) mass is 268 g/mol. The van der Waals surface area contributed by atoms with Crippen molar-refractivity contribution in [1.82, 2.24) is 10.2 Å². The van der Waals surface area contributed by atoms with Crippen LogP contribution in [0.25, 0.3) is 0 Å². The predicted molar refractivity (Wildman–Crippen MR) is 77.2 cm³/mol. The molecule has 1 N–H and O–H groups in total. The number of rotatable bonds is 5. The Morgan fingerprint density at radius 2 is 2.33 bits per heavy atom. The molecule has 1 aliphatic heterocycles. The number of hydrogen-bond donors (Lipinski definition) is 1. The summed E-state index contributed by atoms with van der Waals surface area (Å²) in [7, 11) is 4.31. The topological polar surface area (TPSA) is 24.5 Å². The molecule has 0 bridgehead atoms. The number of nitrogens with zero attached hydrogens (tertiary/aromatic N) is 1. The van der Waals surface area contributed by atoms with Crippen LogP contribution in [0.15, 0.2) is 17.5 Å². The predicted octanol–water partition coefficient (Wildman–Crippen LogP) is 2.51. The van der Waals surface area contributed by atoms with Gasteiger partial charge >= 0.3 is 0 Å². The van der Waals surface area contributed by atoms with Crippen molar-refractivity contribution >= 4 is 11.3 Å². The molecule has 0 aromatic carbocycles. The molecular weight excluding hydrogens is 244 g/mol. The minimum absolute atomic E-state index is 0.481. The van der Waals surface area contributed by atoms with E-state index in [0.29, 0.717) is 12.1 Å². The Hall–Kier alpha value is -0.420. The highest BCUT2D eigenvalue weighted by Gasteiger charge is 2.18. The molecule has 0 radical (unpaired) electrons. The van der Waals surface area contributed by atoms with Crippen molar-refractivity contribution in [3.05, 3.63) is 22.4 Å². The average molecular weight is 268 g/mol. The van der Waals surface area contributed by atoms with Gasteiger partial charge in [-0.25, -0.2) is 0 Å². The highest BCUT2D eigenvalue weighted by molar-refractivity contribution is 7.10. The van der Waals surface area contributed by atoms with Crippen LogP contribution in [0.5, 0.6) is 0 Å². The highest BCUT2D eigenvalue weighted by Crippen LogP contribution is 2.22. The molecule has 0 amide bonds. The van der Waals surface area contributed by atoms with Gasteiger partial charge in [-0.2, -0.15) is 0 Å². The summed E-state index contributed by atoms with van der Waals surface area (Å²) in [4.78, 5) is 3.74. The van der Waals surface area contributed by atoms with Gasteiger partial charge in [-0.05, 0) is 44.8 Å². The third kappa shape index (κ3) is 4.05. The number of ether oxygens (including phenoxy) is 1.